The Morgan fingerprint density at radius 2 is 2.64 bits per heavy atom. The van der Waals surface area contributed by atoms with E-state index < -0.39 is 6.03 Å². The normalized spacial score (nSPS) is 23.0. The Balaban J connectivity index is 2.27. The number of amides is 2. The number of carbonyl (C=O) groups is 1. The summed E-state index contributed by atoms with van der Waals surface area (Å²) in [6.07, 6.45) is 4.51. The second-order valence-corrected chi connectivity index (χ2v) is 3.06. The lowest BCUT2D eigenvalue weighted by atomic mass is 10.2. The summed E-state index contributed by atoms with van der Waals surface area (Å²) < 4.78 is 0. The fourth-order valence-corrected chi connectivity index (χ4v) is 1.33. The van der Waals surface area contributed by atoms with Crippen LogP contribution in [0.15, 0.2) is 11.6 Å². The lowest BCUT2D eigenvalue weighted by Gasteiger charge is -2.00. The van der Waals surface area contributed by atoms with Gasteiger partial charge < -0.3 is 11.1 Å². The Morgan fingerprint density at radius 1 is 1.91 bits per heavy atom. The van der Waals surface area contributed by atoms with Crippen LogP contribution in [0.5, 0.6) is 0 Å². The fourth-order valence-electron chi connectivity index (χ4n) is 1.33. The van der Waals surface area contributed by atoms with Crippen LogP contribution in [-0.4, -0.2) is 12.6 Å². The number of urea groups is 1. The first kappa shape index (κ1) is 8.11. The van der Waals surface area contributed by atoms with Crippen LogP contribution in [0.1, 0.15) is 19.8 Å². The zero-order chi connectivity index (χ0) is 8.27. The minimum absolute atomic E-state index is 0.439. The Kier molecular flexibility index (Phi) is 2.52. The molecule has 0 heterocycles. The Labute approximate surface area is 66.6 Å². The van der Waals surface area contributed by atoms with Crippen molar-refractivity contribution in [3.63, 3.8) is 0 Å². The minimum Gasteiger partial charge on any atom is -0.352 e. The molecule has 11 heavy (non-hydrogen) atoms. The first-order valence-corrected chi connectivity index (χ1v) is 3.91. The number of hydrogen-bond acceptors (Lipinski definition) is 1. The zero-order valence-corrected chi connectivity index (χ0v) is 6.76. The van der Waals surface area contributed by atoms with Gasteiger partial charge in [0.1, 0.15) is 0 Å². The highest BCUT2D eigenvalue weighted by molar-refractivity contribution is 5.71. The molecule has 0 aliphatic heterocycles. The fraction of sp³-hybridized carbons (Fsp3) is 0.625. The maximum absolute atomic E-state index is 10.3. The van der Waals surface area contributed by atoms with Gasteiger partial charge >= 0.3 is 6.03 Å². The van der Waals surface area contributed by atoms with Crippen LogP contribution in [-0.2, 0) is 0 Å². The Hall–Kier alpha value is -0.990. The van der Waals surface area contributed by atoms with Crippen molar-refractivity contribution in [3.05, 3.63) is 11.6 Å². The van der Waals surface area contributed by atoms with Crippen LogP contribution in [0.4, 0.5) is 4.79 Å². The van der Waals surface area contributed by atoms with Crippen LogP contribution >= 0.6 is 0 Å². The number of carbonyl (C=O) groups excluding carboxylic acids is 1. The molecule has 1 rings (SSSR count). The summed E-state index contributed by atoms with van der Waals surface area (Å²) >= 11 is 0. The van der Waals surface area contributed by atoms with Gasteiger partial charge in [0.25, 0.3) is 0 Å². The molecule has 0 aromatic carbocycles. The molecule has 0 spiro atoms. The molecule has 62 valence electrons. The number of allylic oxidation sites excluding steroid dienone is 1. The molecule has 3 nitrogen and oxygen atoms in total. The molecular formula is C8H14N2O. The quantitative estimate of drug-likeness (QED) is 0.573. The maximum Gasteiger partial charge on any atom is 0.312 e. The summed E-state index contributed by atoms with van der Waals surface area (Å²) in [5.74, 6) is 0.666. The predicted octanol–water partition coefficient (Wildman–Crippen LogP) is 1.01. The van der Waals surface area contributed by atoms with E-state index in [1.54, 1.807) is 0 Å². The number of hydrogen-bond donors (Lipinski definition) is 2. The summed E-state index contributed by atoms with van der Waals surface area (Å²) in [6, 6.07) is -0.439. The van der Waals surface area contributed by atoms with Gasteiger partial charge in [-0.2, -0.15) is 0 Å². The smallest absolute Gasteiger partial charge is 0.312 e. The average molecular weight is 154 g/mol. The molecule has 1 aliphatic carbocycles. The number of nitrogens with two attached hydrogens (primary N) is 1. The molecule has 3 heteroatoms. The van der Waals surface area contributed by atoms with Crippen molar-refractivity contribution in [1.82, 2.24) is 5.32 Å². The summed E-state index contributed by atoms with van der Waals surface area (Å²) in [5.41, 5.74) is 6.23. The van der Waals surface area contributed by atoms with Crippen molar-refractivity contribution in [3.8, 4) is 0 Å². The van der Waals surface area contributed by atoms with E-state index in [4.69, 9.17) is 5.73 Å². The molecule has 0 aromatic rings. The van der Waals surface area contributed by atoms with E-state index >= 15 is 0 Å². The topological polar surface area (TPSA) is 55.1 Å². The third-order valence-corrected chi connectivity index (χ3v) is 1.93. The van der Waals surface area contributed by atoms with Gasteiger partial charge in [0.15, 0.2) is 0 Å². The molecule has 1 aliphatic rings. The van der Waals surface area contributed by atoms with Crippen LogP contribution in [0, 0.1) is 5.92 Å². The van der Waals surface area contributed by atoms with Gasteiger partial charge in [-0.15, -0.1) is 0 Å². The molecule has 1 atom stereocenters. The zero-order valence-electron chi connectivity index (χ0n) is 6.76. The monoisotopic (exact) mass is 154 g/mol. The van der Waals surface area contributed by atoms with Crippen molar-refractivity contribution in [2.75, 3.05) is 6.54 Å². The van der Waals surface area contributed by atoms with E-state index in [0.717, 1.165) is 6.42 Å². The van der Waals surface area contributed by atoms with Crippen molar-refractivity contribution in [2.24, 2.45) is 11.7 Å². The third kappa shape index (κ3) is 2.62. The molecular weight excluding hydrogens is 140 g/mol. The first-order valence-electron chi connectivity index (χ1n) is 3.91. The van der Waals surface area contributed by atoms with Gasteiger partial charge in [0, 0.05) is 6.54 Å². The highest BCUT2D eigenvalue weighted by Crippen LogP contribution is 2.22. The van der Waals surface area contributed by atoms with Gasteiger partial charge in [-0.1, -0.05) is 18.6 Å². The summed E-state index contributed by atoms with van der Waals surface area (Å²) in [4.78, 5) is 10.3. The van der Waals surface area contributed by atoms with E-state index in [1.165, 1.54) is 12.0 Å². The molecule has 0 bridgehead atoms. The Bertz CT molecular complexity index is 187. The van der Waals surface area contributed by atoms with E-state index in [-0.39, 0.29) is 0 Å². The van der Waals surface area contributed by atoms with Gasteiger partial charge in [-0.05, 0) is 18.8 Å². The molecule has 2 amide bonds. The van der Waals surface area contributed by atoms with Crippen molar-refractivity contribution in [2.45, 2.75) is 19.8 Å². The highest BCUT2D eigenvalue weighted by Gasteiger charge is 2.10. The van der Waals surface area contributed by atoms with Crippen molar-refractivity contribution >= 4 is 6.03 Å². The summed E-state index contributed by atoms with van der Waals surface area (Å²) in [7, 11) is 0. The summed E-state index contributed by atoms with van der Waals surface area (Å²) in [5, 5.41) is 2.58. The van der Waals surface area contributed by atoms with Gasteiger partial charge in [-0.3, -0.25) is 0 Å². The standard InChI is InChI=1S/C8H14N2O/c1-6-2-3-7(4-6)5-10-8(9)11/h4,6H,2-3,5H2,1H3,(H3,9,10,11). The summed E-state index contributed by atoms with van der Waals surface area (Å²) in [6.45, 7) is 2.80. The number of primary amides is 1. The predicted molar refractivity (Wildman–Crippen MR) is 44.1 cm³/mol. The molecule has 0 saturated carbocycles. The van der Waals surface area contributed by atoms with Crippen molar-refractivity contribution in [1.29, 1.82) is 0 Å². The average Bonchev–Trinajstić information content (AvgIpc) is 2.31. The second kappa shape index (κ2) is 3.42. The Morgan fingerprint density at radius 3 is 3.09 bits per heavy atom. The van der Waals surface area contributed by atoms with Crippen LogP contribution in [0.3, 0.4) is 0 Å². The lowest BCUT2D eigenvalue weighted by molar-refractivity contribution is 0.249. The van der Waals surface area contributed by atoms with E-state index in [0.29, 0.717) is 12.5 Å². The van der Waals surface area contributed by atoms with Gasteiger partial charge in [-0.25, -0.2) is 4.79 Å². The minimum atomic E-state index is -0.439. The molecule has 0 radical (unpaired) electrons. The second-order valence-electron chi connectivity index (χ2n) is 3.06. The SMILES string of the molecule is CC1C=C(CNC(N)=O)CC1. The maximum atomic E-state index is 10.3. The van der Waals surface area contributed by atoms with E-state index in [1.807, 2.05) is 0 Å². The van der Waals surface area contributed by atoms with Gasteiger partial charge in [0.05, 0.1) is 0 Å². The van der Waals surface area contributed by atoms with E-state index in [2.05, 4.69) is 18.3 Å². The molecule has 0 aromatic heterocycles. The van der Waals surface area contributed by atoms with E-state index in [9.17, 15) is 4.79 Å². The third-order valence-electron chi connectivity index (χ3n) is 1.93. The largest absolute Gasteiger partial charge is 0.352 e. The molecule has 1 unspecified atom stereocenters. The number of nitrogens with one attached hydrogen (secondary N) is 1. The van der Waals surface area contributed by atoms with Crippen molar-refractivity contribution < 1.29 is 4.79 Å². The first-order chi connectivity index (χ1) is 5.18. The highest BCUT2D eigenvalue weighted by atomic mass is 16.2. The van der Waals surface area contributed by atoms with Crippen LogP contribution in [0.2, 0.25) is 0 Å². The van der Waals surface area contributed by atoms with Crippen LogP contribution < -0.4 is 11.1 Å². The molecule has 3 N–H and O–H groups in total. The van der Waals surface area contributed by atoms with Gasteiger partial charge in [0.2, 0.25) is 0 Å². The number of rotatable bonds is 2. The lowest BCUT2D eigenvalue weighted by Crippen LogP contribution is -2.30. The molecule has 0 fully saturated rings. The van der Waals surface area contributed by atoms with Crippen LogP contribution in [0.25, 0.3) is 0 Å². The molecule has 0 saturated heterocycles.